The fourth-order valence-corrected chi connectivity index (χ4v) is 2.19. The van der Waals surface area contributed by atoms with E-state index in [1.54, 1.807) is 13.3 Å². The molecule has 4 nitrogen and oxygen atoms in total. The molecule has 0 spiro atoms. The van der Waals surface area contributed by atoms with E-state index in [9.17, 15) is 4.79 Å². The van der Waals surface area contributed by atoms with Crippen LogP contribution in [0.2, 0.25) is 0 Å². The number of rotatable bonds is 3. The summed E-state index contributed by atoms with van der Waals surface area (Å²) in [6.45, 7) is 0. The maximum absolute atomic E-state index is 12.1. The summed E-state index contributed by atoms with van der Waals surface area (Å²) < 4.78 is 5.88. The lowest BCUT2D eigenvalue weighted by Crippen LogP contribution is -2.14. The van der Waals surface area contributed by atoms with Crippen LogP contribution in [0.5, 0.6) is 5.75 Å². The minimum Gasteiger partial charge on any atom is -0.494 e. The summed E-state index contributed by atoms with van der Waals surface area (Å²) in [5.74, 6) is 0.397. The van der Waals surface area contributed by atoms with Crippen molar-refractivity contribution in [3.8, 4) is 5.75 Å². The van der Waals surface area contributed by atoms with E-state index in [-0.39, 0.29) is 5.91 Å². The van der Waals surface area contributed by atoms with Crippen LogP contribution >= 0.6 is 22.6 Å². The van der Waals surface area contributed by atoms with Crippen LogP contribution in [0.15, 0.2) is 42.7 Å². The zero-order valence-electron chi connectivity index (χ0n) is 9.68. The maximum atomic E-state index is 12.1. The summed E-state index contributed by atoms with van der Waals surface area (Å²) in [6.07, 6.45) is 3.11. The van der Waals surface area contributed by atoms with Gasteiger partial charge in [-0.1, -0.05) is 18.2 Å². The molecule has 2 rings (SSSR count). The van der Waals surface area contributed by atoms with Crippen molar-refractivity contribution in [2.24, 2.45) is 0 Å². The number of aromatic nitrogens is 1. The molecule has 1 aromatic heterocycles. The smallest absolute Gasteiger partial charge is 0.258 e. The van der Waals surface area contributed by atoms with Gasteiger partial charge in [0, 0.05) is 11.9 Å². The number of hydrogen-bond donors (Lipinski definition) is 1. The number of ether oxygens (including phenoxy) is 1. The highest BCUT2D eigenvalue weighted by Gasteiger charge is 2.14. The molecule has 18 heavy (non-hydrogen) atoms. The van der Waals surface area contributed by atoms with Crippen LogP contribution in [0.1, 0.15) is 10.4 Å². The minimum atomic E-state index is -0.197. The fourth-order valence-electron chi connectivity index (χ4n) is 1.45. The highest BCUT2D eigenvalue weighted by atomic mass is 127. The van der Waals surface area contributed by atoms with Crippen LogP contribution in [-0.4, -0.2) is 18.0 Å². The van der Waals surface area contributed by atoms with E-state index in [0.29, 0.717) is 11.3 Å². The SMILES string of the molecule is COc1cncc(C(=O)Nc2ccccc2)c1I. The van der Waals surface area contributed by atoms with Crippen LogP contribution in [-0.2, 0) is 0 Å². The molecule has 0 saturated heterocycles. The second kappa shape index (κ2) is 5.81. The first-order chi connectivity index (χ1) is 8.72. The lowest BCUT2D eigenvalue weighted by molar-refractivity contribution is 0.102. The first kappa shape index (κ1) is 12.8. The van der Waals surface area contributed by atoms with Gasteiger partial charge in [0.25, 0.3) is 5.91 Å². The Kier molecular flexibility index (Phi) is 4.14. The number of methoxy groups -OCH3 is 1. The van der Waals surface area contributed by atoms with Crippen LogP contribution in [0.4, 0.5) is 5.69 Å². The Hall–Kier alpha value is -1.63. The molecule has 0 unspecified atom stereocenters. The molecule has 0 aliphatic rings. The summed E-state index contributed by atoms with van der Waals surface area (Å²) in [5.41, 5.74) is 1.25. The molecule has 1 N–H and O–H groups in total. The Morgan fingerprint density at radius 1 is 1.28 bits per heavy atom. The molecule has 0 bridgehead atoms. The summed E-state index contributed by atoms with van der Waals surface area (Å²) in [7, 11) is 1.55. The predicted octanol–water partition coefficient (Wildman–Crippen LogP) is 2.95. The number of pyridine rings is 1. The van der Waals surface area contributed by atoms with Crippen molar-refractivity contribution in [3.63, 3.8) is 0 Å². The number of halogens is 1. The second-order valence-corrected chi connectivity index (χ2v) is 4.60. The van der Waals surface area contributed by atoms with Crippen molar-refractivity contribution < 1.29 is 9.53 Å². The van der Waals surface area contributed by atoms with Crippen molar-refractivity contribution in [1.29, 1.82) is 0 Å². The third kappa shape index (κ3) is 2.79. The Morgan fingerprint density at radius 3 is 2.67 bits per heavy atom. The van der Waals surface area contributed by atoms with Gasteiger partial charge >= 0.3 is 0 Å². The number of nitrogens with zero attached hydrogens (tertiary/aromatic N) is 1. The van der Waals surface area contributed by atoms with Crippen molar-refractivity contribution in [2.75, 3.05) is 12.4 Å². The lowest BCUT2D eigenvalue weighted by Gasteiger charge is -2.08. The second-order valence-electron chi connectivity index (χ2n) is 3.52. The van der Waals surface area contributed by atoms with E-state index in [1.807, 2.05) is 30.3 Å². The standard InChI is InChI=1S/C13H11IN2O2/c1-18-11-8-15-7-10(12(11)14)13(17)16-9-5-3-2-4-6-9/h2-8H,1H3,(H,16,17). The van der Waals surface area contributed by atoms with Gasteiger partial charge < -0.3 is 10.1 Å². The normalized spacial score (nSPS) is 9.89. The summed E-state index contributed by atoms with van der Waals surface area (Å²) >= 11 is 2.07. The lowest BCUT2D eigenvalue weighted by atomic mass is 10.2. The number of carbonyl (C=O) groups is 1. The Labute approximate surface area is 119 Å². The highest BCUT2D eigenvalue weighted by Crippen LogP contribution is 2.23. The number of hydrogen-bond acceptors (Lipinski definition) is 3. The van der Waals surface area contributed by atoms with Crippen molar-refractivity contribution in [2.45, 2.75) is 0 Å². The first-order valence-corrected chi connectivity index (χ1v) is 6.34. The monoisotopic (exact) mass is 354 g/mol. The molecule has 2 aromatic rings. The molecule has 0 aliphatic carbocycles. The van der Waals surface area contributed by atoms with Gasteiger partial charge in [-0.3, -0.25) is 9.78 Å². The van der Waals surface area contributed by atoms with Gasteiger partial charge in [0.05, 0.1) is 22.4 Å². The topological polar surface area (TPSA) is 51.2 Å². The molecule has 0 fully saturated rings. The maximum Gasteiger partial charge on any atom is 0.258 e. The van der Waals surface area contributed by atoms with Crippen molar-refractivity contribution >= 4 is 34.2 Å². The summed E-state index contributed by atoms with van der Waals surface area (Å²) in [6, 6.07) is 9.29. The molecule has 1 heterocycles. The van der Waals surface area contributed by atoms with Gasteiger partial charge in [-0.2, -0.15) is 0 Å². The average Bonchev–Trinajstić information content (AvgIpc) is 2.40. The quantitative estimate of drug-likeness (QED) is 0.863. The molecule has 92 valence electrons. The van der Waals surface area contributed by atoms with Crippen LogP contribution < -0.4 is 10.1 Å². The molecule has 0 atom stereocenters. The predicted molar refractivity (Wildman–Crippen MR) is 77.9 cm³/mol. The van der Waals surface area contributed by atoms with Gasteiger partial charge in [0.1, 0.15) is 0 Å². The molecule has 0 radical (unpaired) electrons. The van der Waals surface area contributed by atoms with E-state index in [0.717, 1.165) is 9.26 Å². The summed E-state index contributed by atoms with van der Waals surface area (Å²) in [5, 5.41) is 2.81. The van der Waals surface area contributed by atoms with Gasteiger partial charge in [-0.05, 0) is 34.7 Å². The average molecular weight is 354 g/mol. The van der Waals surface area contributed by atoms with Crippen LogP contribution in [0.25, 0.3) is 0 Å². The number of amides is 1. The number of benzene rings is 1. The minimum absolute atomic E-state index is 0.197. The van der Waals surface area contributed by atoms with Crippen molar-refractivity contribution in [1.82, 2.24) is 4.98 Å². The van der Waals surface area contributed by atoms with Crippen LogP contribution in [0, 0.1) is 3.57 Å². The Bertz CT molecular complexity index is 558. The molecule has 1 amide bonds. The van der Waals surface area contributed by atoms with E-state index in [2.05, 4.69) is 32.9 Å². The van der Waals surface area contributed by atoms with Gasteiger partial charge in [-0.25, -0.2) is 0 Å². The number of carbonyl (C=O) groups excluding carboxylic acids is 1. The molecule has 0 aliphatic heterocycles. The third-order valence-corrected chi connectivity index (χ3v) is 3.46. The largest absolute Gasteiger partial charge is 0.494 e. The number of nitrogens with one attached hydrogen (secondary N) is 1. The van der Waals surface area contributed by atoms with Gasteiger partial charge in [0.2, 0.25) is 0 Å². The number of anilines is 1. The molecular weight excluding hydrogens is 343 g/mol. The summed E-state index contributed by atoms with van der Waals surface area (Å²) in [4.78, 5) is 16.1. The Morgan fingerprint density at radius 2 is 2.00 bits per heavy atom. The van der Waals surface area contributed by atoms with Crippen LogP contribution in [0.3, 0.4) is 0 Å². The van der Waals surface area contributed by atoms with Gasteiger partial charge in [-0.15, -0.1) is 0 Å². The molecular formula is C13H11IN2O2. The van der Waals surface area contributed by atoms with E-state index in [1.165, 1.54) is 6.20 Å². The third-order valence-electron chi connectivity index (χ3n) is 2.34. The number of para-hydroxylation sites is 1. The zero-order valence-corrected chi connectivity index (χ0v) is 11.8. The zero-order chi connectivity index (χ0) is 13.0. The van der Waals surface area contributed by atoms with Gasteiger partial charge in [0.15, 0.2) is 5.75 Å². The van der Waals surface area contributed by atoms with E-state index < -0.39 is 0 Å². The molecule has 0 saturated carbocycles. The fraction of sp³-hybridized carbons (Fsp3) is 0.0769. The highest BCUT2D eigenvalue weighted by molar-refractivity contribution is 14.1. The van der Waals surface area contributed by atoms with E-state index >= 15 is 0 Å². The molecule has 5 heteroatoms. The van der Waals surface area contributed by atoms with E-state index in [4.69, 9.17) is 4.74 Å². The Balaban J connectivity index is 2.24. The molecule has 1 aromatic carbocycles. The van der Waals surface area contributed by atoms with Crippen molar-refractivity contribution in [3.05, 3.63) is 51.9 Å². The first-order valence-electron chi connectivity index (χ1n) is 5.26.